The van der Waals surface area contributed by atoms with E-state index in [1.807, 2.05) is 48.5 Å². The Bertz CT molecular complexity index is 1400. The van der Waals surface area contributed by atoms with Crippen molar-refractivity contribution in [2.45, 2.75) is 83.8 Å². The van der Waals surface area contributed by atoms with E-state index in [0.29, 0.717) is 35.3 Å². The number of carbonyl (C=O) groups is 2. The Morgan fingerprint density at radius 1 is 1.09 bits per heavy atom. The van der Waals surface area contributed by atoms with Gasteiger partial charge in [0.05, 0.1) is 19.3 Å². The summed E-state index contributed by atoms with van der Waals surface area (Å²) in [6, 6.07) is 15.1. The Balaban J connectivity index is 1.18. The molecule has 3 aliphatic carbocycles. The number of likely N-dealkylation sites (N-methyl/N-ethyl adjacent to an activating group) is 1. The van der Waals surface area contributed by atoms with Crippen molar-refractivity contribution in [3.8, 4) is 11.1 Å². The summed E-state index contributed by atoms with van der Waals surface area (Å²) in [5, 5.41) is 29.1. The van der Waals surface area contributed by atoms with Gasteiger partial charge in [0.2, 0.25) is 5.91 Å². The Hall–Kier alpha value is -2.82. The summed E-state index contributed by atoms with van der Waals surface area (Å²) in [7, 11) is 2.07. The second-order valence-electron chi connectivity index (χ2n) is 14.7. The van der Waals surface area contributed by atoms with Crippen LogP contribution in [0.2, 0.25) is 0 Å². The molecule has 2 bridgehead atoms. The first-order valence-electron chi connectivity index (χ1n) is 16.7. The SMILES string of the molecule is C[C@@H]1[C@@H](NC(=O)[C@@H]2[C@H]([C@H](C)O)[C@H](CO)ON2Cc2cccc(-c3cccc(C(=O)N[C@H]4CCN(C)C4)c3)c2)C[C@H]2C[C@@H]1C2(C)C. The highest BCUT2D eigenvalue weighted by atomic mass is 16.7. The molecule has 3 saturated carbocycles. The zero-order valence-corrected chi connectivity index (χ0v) is 27.3. The third-order valence-corrected chi connectivity index (χ3v) is 11.5. The zero-order valence-electron chi connectivity index (χ0n) is 27.3. The number of hydroxylamine groups is 2. The van der Waals surface area contributed by atoms with Crippen LogP contribution in [-0.4, -0.2) is 89.1 Å². The summed E-state index contributed by atoms with van der Waals surface area (Å²) < 4.78 is 0. The number of nitrogens with zero attached hydrogens (tertiary/aromatic N) is 2. The highest BCUT2D eigenvalue weighted by Crippen LogP contribution is 2.61. The number of amides is 2. The minimum Gasteiger partial charge on any atom is -0.394 e. The number of benzene rings is 2. The van der Waals surface area contributed by atoms with E-state index in [1.54, 1.807) is 12.0 Å². The Morgan fingerprint density at radius 2 is 1.82 bits per heavy atom. The molecule has 244 valence electrons. The molecule has 9 nitrogen and oxygen atoms in total. The van der Waals surface area contributed by atoms with E-state index in [4.69, 9.17) is 4.84 Å². The van der Waals surface area contributed by atoms with Crippen molar-refractivity contribution >= 4 is 11.8 Å². The molecule has 2 aromatic carbocycles. The third-order valence-electron chi connectivity index (χ3n) is 11.5. The minimum absolute atomic E-state index is 0.0695. The van der Waals surface area contributed by atoms with Crippen LogP contribution in [0.15, 0.2) is 48.5 Å². The van der Waals surface area contributed by atoms with Crippen molar-refractivity contribution in [3.05, 3.63) is 59.7 Å². The fourth-order valence-corrected chi connectivity index (χ4v) is 8.68. The molecule has 0 spiro atoms. The average molecular weight is 619 g/mol. The lowest BCUT2D eigenvalue weighted by Gasteiger charge is -2.62. The lowest BCUT2D eigenvalue weighted by molar-refractivity contribution is -0.183. The van der Waals surface area contributed by atoms with Crippen molar-refractivity contribution in [2.75, 3.05) is 26.7 Å². The molecule has 2 heterocycles. The molecule has 0 aromatic heterocycles. The number of nitrogens with one attached hydrogen (secondary N) is 2. The maximum absolute atomic E-state index is 14.0. The standard InChI is InChI=1S/C36H50N4O5/c1-21-29-16-27(36(29,3)4)17-30(21)38-35(44)33-32(22(2)42)31(20-41)45-40(33)18-23-8-6-9-24(14-23)25-10-7-11-26(15-25)34(43)37-28-12-13-39(5)19-28/h6-11,14-15,21-22,27-33,41-42H,12-13,16-20H2,1-5H3,(H,37,43)(H,38,44)/t21-,22-,27+,28-,29-,30-,31-,32+,33-/m0/s1. The number of hydrogen-bond acceptors (Lipinski definition) is 7. The van der Waals surface area contributed by atoms with Gasteiger partial charge in [0, 0.05) is 30.1 Å². The van der Waals surface area contributed by atoms with Crippen LogP contribution in [0.4, 0.5) is 0 Å². The maximum atomic E-state index is 14.0. The lowest BCUT2D eigenvalue weighted by Crippen LogP contribution is -2.62. The van der Waals surface area contributed by atoms with Crippen molar-refractivity contribution in [3.63, 3.8) is 0 Å². The zero-order chi connectivity index (χ0) is 32.0. The van der Waals surface area contributed by atoms with Crippen LogP contribution in [0.1, 0.15) is 62.9 Å². The first-order valence-corrected chi connectivity index (χ1v) is 16.7. The molecule has 5 fully saturated rings. The molecule has 9 heteroatoms. The summed E-state index contributed by atoms with van der Waals surface area (Å²) in [6.45, 7) is 10.5. The maximum Gasteiger partial charge on any atom is 0.251 e. The molecule has 0 radical (unpaired) electrons. The molecule has 0 unspecified atom stereocenters. The second kappa shape index (κ2) is 12.8. The molecule has 2 amide bonds. The van der Waals surface area contributed by atoms with E-state index in [1.165, 1.54) is 6.42 Å². The van der Waals surface area contributed by atoms with Crippen LogP contribution in [0.3, 0.4) is 0 Å². The number of fused-ring (bicyclic) bond motifs is 2. The monoisotopic (exact) mass is 618 g/mol. The van der Waals surface area contributed by atoms with Crippen molar-refractivity contribution in [1.82, 2.24) is 20.6 Å². The van der Waals surface area contributed by atoms with E-state index in [0.717, 1.165) is 42.6 Å². The van der Waals surface area contributed by atoms with Crippen molar-refractivity contribution in [1.29, 1.82) is 0 Å². The quantitative estimate of drug-likeness (QED) is 0.341. The van der Waals surface area contributed by atoms with Gasteiger partial charge in [-0.1, -0.05) is 51.1 Å². The van der Waals surface area contributed by atoms with E-state index < -0.39 is 24.2 Å². The third kappa shape index (κ3) is 6.30. The number of hydrogen-bond donors (Lipinski definition) is 4. The molecule has 2 aromatic rings. The van der Waals surface area contributed by atoms with Gasteiger partial charge in [-0.3, -0.25) is 14.4 Å². The van der Waals surface area contributed by atoms with E-state index in [9.17, 15) is 19.8 Å². The molecular weight excluding hydrogens is 568 g/mol. The van der Waals surface area contributed by atoms with Crippen LogP contribution in [0.5, 0.6) is 0 Å². The van der Waals surface area contributed by atoms with E-state index >= 15 is 0 Å². The number of aliphatic hydroxyl groups excluding tert-OH is 2. The summed E-state index contributed by atoms with van der Waals surface area (Å²) in [5.74, 6) is 0.771. The first kappa shape index (κ1) is 32.1. The number of aliphatic hydroxyl groups is 2. The van der Waals surface area contributed by atoms with Gasteiger partial charge in [-0.05, 0) is 97.8 Å². The number of carbonyl (C=O) groups excluding carboxylic acids is 2. The predicted molar refractivity (Wildman–Crippen MR) is 173 cm³/mol. The molecule has 4 N–H and O–H groups in total. The highest BCUT2D eigenvalue weighted by Gasteiger charge is 2.57. The van der Waals surface area contributed by atoms with Gasteiger partial charge in [-0.25, -0.2) is 0 Å². The summed E-state index contributed by atoms with van der Waals surface area (Å²) >= 11 is 0. The fourth-order valence-electron chi connectivity index (χ4n) is 8.68. The Morgan fingerprint density at radius 3 is 2.47 bits per heavy atom. The lowest BCUT2D eigenvalue weighted by atomic mass is 9.45. The van der Waals surface area contributed by atoms with Crippen LogP contribution in [0, 0.1) is 29.1 Å². The van der Waals surface area contributed by atoms with Gasteiger partial charge in [0.1, 0.15) is 12.1 Å². The molecule has 9 atom stereocenters. The minimum atomic E-state index is -0.844. The van der Waals surface area contributed by atoms with Crippen LogP contribution < -0.4 is 10.6 Å². The Labute approximate surface area is 267 Å². The molecular formula is C36H50N4O5. The van der Waals surface area contributed by atoms with Crippen LogP contribution in [0.25, 0.3) is 11.1 Å². The van der Waals surface area contributed by atoms with Gasteiger partial charge in [0.25, 0.3) is 5.91 Å². The van der Waals surface area contributed by atoms with Crippen LogP contribution in [-0.2, 0) is 16.2 Å². The van der Waals surface area contributed by atoms with Gasteiger partial charge < -0.3 is 25.7 Å². The summed E-state index contributed by atoms with van der Waals surface area (Å²) in [6.07, 6.45) is 1.61. The van der Waals surface area contributed by atoms with Gasteiger partial charge in [-0.2, -0.15) is 5.06 Å². The van der Waals surface area contributed by atoms with Crippen molar-refractivity contribution < 1.29 is 24.6 Å². The fraction of sp³-hybridized carbons (Fsp3) is 0.611. The first-order chi connectivity index (χ1) is 21.5. The molecule has 5 aliphatic rings. The van der Waals surface area contributed by atoms with Crippen LogP contribution >= 0.6 is 0 Å². The number of rotatable bonds is 9. The van der Waals surface area contributed by atoms with E-state index in [-0.39, 0.29) is 30.5 Å². The summed E-state index contributed by atoms with van der Waals surface area (Å²) in [4.78, 5) is 35.4. The normalized spacial score (nSPS) is 33.4. The topological polar surface area (TPSA) is 114 Å². The van der Waals surface area contributed by atoms with E-state index in [2.05, 4.69) is 43.4 Å². The Kier molecular flexibility index (Phi) is 9.11. The van der Waals surface area contributed by atoms with Gasteiger partial charge >= 0.3 is 0 Å². The van der Waals surface area contributed by atoms with Gasteiger partial charge in [0.15, 0.2) is 0 Å². The largest absolute Gasteiger partial charge is 0.394 e. The predicted octanol–water partition coefficient (Wildman–Crippen LogP) is 3.45. The molecule has 7 rings (SSSR count). The molecule has 2 aliphatic heterocycles. The summed E-state index contributed by atoms with van der Waals surface area (Å²) in [5.41, 5.74) is 3.73. The number of likely N-dealkylation sites (tertiary alicyclic amines) is 1. The van der Waals surface area contributed by atoms with Crippen molar-refractivity contribution in [2.24, 2.45) is 29.1 Å². The van der Waals surface area contributed by atoms with Gasteiger partial charge in [-0.15, -0.1) is 0 Å². The average Bonchev–Trinajstić information content (AvgIpc) is 3.60. The molecule has 2 saturated heterocycles. The second-order valence-corrected chi connectivity index (χ2v) is 14.7. The smallest absolute Gasteiger partial charge is 0.251 e. The molecule has 45 heavy (non-hydrogen) atoms. The highest BCUT2D eigenvalue weighted by molar-refractivity contribution is 5.95.